The van der Waals surface area contributed by atoms with Crippen molar-refractivity contribution in [3.8, 4) is 6.07 Å². The first-order valence-electron chi connectivity index (χ1n) is 5.27. The van der Waals surface area contributed by atoms with Gasteiger partial charge in [-0.1, -0.05) is 11.6 Å². The molecule has 0 aliphatic rings. The van der Waals surface area contributed by atoms with Gasteiger partial charge in [-0.25, -0.2) is 0 Å². The van der Waals surface area contributed by atoms with Crippen LogP contribution in [0.2, 0.25) is 5.02 Å². The summed E-state index contributed by atoms with van der Waals surface area (Å²) in [5.41, 5.74) is 1.20. The Labute approximate surface area is 106 Å². The molecule has 17 heavy (non-hydrogen) atoms. The van der Waals surface area contributed by atoms with Crippen molar-refractivity contribution >= 4 is 23.2 Å². The van der Waals surface area contributed by atoms with E-state index in [-0.39, 0.29) is 12.5 Å². The van der Waals surface area contributed by atoms with Crippen LogP contribution < -0.4 is 10.2 Å². The highest BCUT2D eigenvalue weighted by Crippen LogP contribution is 2.24. The van der Waals surface area contributed by atoms with Gasteiger partial charge in [-0.2, -0.15) is 5.26 Å². The SMILES string of the molecule is CCN(CC(=O)NC)c1cc(Cl)ccc1C#N. The third-order valence-corrected chi connectivity index (χ3v) is 2.65. The third kappa shape index (κ3) is 3.36. The Kier molecular flexibility index (Phi) is 4.80. The summed E-state index contributed by atoms with van der Waals surface area (Å²) < 4.78 is 0. The molecule has 1 amide bonds. The fourth-order valence-electron chi connectivity index (χ4n) is 1.48. The number of hydrogen-bond acceptors (Lipinski definition) is 3. The lowest BCUT2D eigenvalue weighted by Gasteiger charge is -2.23. The van der Waals surface area contributed by atoms with Gasteiger partial charge >= 0.3 is 0 Å². The van der Waals surface area contributed by atoms with Crippen LogP contribution in [-0.2, 0) is 4.79 Å². The van der Waals surface area contributed by atoms with E-state index in [4.69, 9.17) is 16.9 Å². The van der Waals surface area contributed by atoms with Gasteiger partial charge in [0.2, 0.25) is 5.91 Å². The molecule has 0 aliphatic carbocycles. The first kappa shape index (κ1) is 13.3. The van der Waals surface area contributed by atoms with E-state index < -0.39 is 0 Å². The van der Waals surface area contributed by atoms with Crippen molar-refractivity contribution in [2.45, 2.75) is 6.92 Å². The molecular formula is C12H14ClN3O. The highest BCUT2D eigenvalue weighted by molar-refractivity contribution is 6.30. The van der Waals surface area contributed by atoms with E-state index in [0.29, 0.717) is 22.8 Å². The Morgan fingerprint density at radius 3 is 2.82 bits per heavy atom. The minimum Gasteiger partial charge on any atom is -0.361 e. The summed E-state index contributed by atoms with van der Waals surface area (Å²) >= 11 is 5.91. The highest BCUT2D eigenvalue weighted by Gasteiger charge is 2.13. The molecule has 0 aliphatic heterocycles. The fourth-order valence-corrected chi connectivity index (χ4v) is 1.65. The molecule has 1 rings (SSSR count). The predicted molar refractivity (Wildman–Crippen MR) is 68.1 cm³/mol. The molecule has 0 saturated carbocycles. The molecule has 0 radical (unpaired) electrons. The number of amides is 1. The molecule has 0 unspecified atom stereocenters. The van der Waals surface area contributed by atoms with Crippen LogP contribution in [0.4, 0.5) is 5.69 Å². The second kappa shape index (κ2) is 6.12. The predicted octanol–water partition coefficient (Wildman–Crippen LogP) is 1.78. The number of likely N-dealkylation sites (N-methyl/N-ethyl adjacent to an activating group) is 2. The first-order chi connectivity index (χ1) is 8.12. The van der Waals surface area contributed by atoms with E-state index in [1.165, 1.54) is 0 Å². The minimum atomic E-state index is -0.101. The van der Waals surface area contributed by atoms with Gasteiger partial charge in [-0.05, 0) is 25.1 Å². The van der Waals surface area contributed by atoms with Crippen molar-refractivity contribution in [2.75, 3.05) is 25.0 Å². The Morgan fingerprint density at radius 2 is 2.29 bits per heavy atom. The molecule has 0 heterocycles. The summed E-state index contributed by atoms with van der Waals surface area (Å²) in [5, 5.41) is 12.1. The van der Waals surface area contributed by atoms with Crippen LogP contribution in [-0.4, -0.2) is 26.0 Å². The molecule has 0 bridgehead atoms. The molecule has 0 spiro atoms. The average Bonchev–Trinajstić information content (AvgIpc) is 2.35. The molecular weight excluding hydrogens is 238 g/mol. The lowest BCUT2D eigenvalue weighted by molar-refractivity contribution is -0.119. The molecule has 0 aromatic heterocycles. The van der Waals surface area contributed by atoms with Crippen molar-refractivity contribution in [1.82, 2.24) is 5.32 Å². The Morgan fingerprint density at radius 1 is 1.59 bits per heavy atom. The van der Waals surface area contributed by atoms with Crippen molar-refractivity contribution in [3.05, 3.63) is 28.8 Å². The molecule has 90 valence electrons. The second-order valence-corrected chi connectivity index (χ2v) is 3.90. The number of nitriles is 1. The quantitative estimate of drug-likeness (QED) is 0.888. The number of benzene rings is 1. The summed E-state index contributed by atoms with van der Waals surface area (Å²) in [4.78, 5) is 13.2. The Bertz CT molecular complexity index is 454. The number of nitrogens with zero attached hydrogens (tertiary/aromatic N) is 2. The zero-order valence-electron chi connectivity index (χ0n) is 9.83. The Hall–Kier alpha value is -1.73. The molecule has 0 saturated heterocycles. The molecule has 0 fully saturated rings. The summed E-state index contributed by atoms with van der Waals surface area (Å²) in [6, 6.07) is 7.12. The minimum absolute atomic E-state index is 0.101. The van der Waals surface area contributed by atoms with E-state index in [9.17, 15) is 4.79 Å². The van der Waals surface area contributed by atoms with Gasteiger partial charge in [0.05, 0.1) is 17.8 Å². The van der Waals surface area contributed by atoms with E-state index in [2.05, 4.69) is 11.4 Å². The van der Waals surface area contributed by atoms with Gasteiger partial charge in [0.15, 0.2) is 0 Å². The highest BCUT2D eigenvalue weighted by atomic mass is 35.5. The van der Waals surface area contributed by atoms with Crippen LogP contribution in [0.25, 0.3) is 0 Å². The standard InChI is InChI=1S/C12H14ClN3O/c1-3-16(8-12(17)15-2)11-6-10(13)5-4-9(11)7-14/h4-6H,3,8H2,1-2H3,(H,15,17). The number of carbonyl (C=O) groups excluding carboxylic acids is 1. The lowest BCUT2D eigenvalue weighted by Crippen LogP contribution is -2.35. The molecule has 0 atom stereocenters. The number of rotatable bonds is 4. The monoisotopic (exact) mass is 251 g/mol. The van der Waals surface area contributed by atoms with Crippen LogP contribution in [0.3, 0.4) is 0 Å². The van der Waals surface area contributed by atoms with Gasteiger partial charge in [0.1, 0.15) is 6.07 Å². The van der Waals surface area contributed by atoms with E-state index in [1.807, 2.05) is 11.8 Å². The van der Waals surface area contributed by atoms with Crippen molar-refractivity contribution in [3.63, 3.8) is 0 Å². The van der Waals surface area contributed by atoms with Gasteiger partial charge in [-0.15, -0.1) is 0 Å². The number of halogens is 1. The molecule has 1 aromatic rings. The number of carbonyl (C=O) groups is 1. The maximum atomic E-state index is 11.4. The summed E-state index contributed by atoms with van der Waals surface area (Å²) in [6.45, 7) is 2.76. The smallest absolute Gasteiger partial charge is 0.239 e. The van der Waals surface area contributed by atoms with Gasteiger partial charge < -0.3 is 10.2 Å². The molecule has 4 nitrogen and oxygen atoms in total. The summed E-state index contributed by atoms with van der Waals surface area (Å²) in [5.74, 6) is -0.101. The Balaban J connectivity index is 3.06. The fraction of sp³-hybridized carbons (Fsp3) is 0.333. The van der Waals surface area contributed by atoms with Crippen LogP contribution in [0.15, 0.2) is 18.2 Å². The molecule has 1 N–H and O–H groups in total. The lowest BCUT2D eigenvalue weighted by atomic mass is 10.1. The van der Waals surface area contributed by atoms with Crippen molar-refractivity contribution in [1.29, 1.82) is 5.26 Å². The zero-order valence-corrected chi connectivity index (χ0v) is 10.6. The number of nitrogens with one attached hydrogen (secondary N) is 1. The van der Waals surface area contributed by atoms with Crippen LogP contribution in [0.1, 0.15) is 12.5 Å². The largest absolute Gasteiger partial charge is 0.361 e. The van der Waals surface area contributed by atoms with E-state index >= 15 is 0 Å². The maximum Gasteiger partial charge on any atom is 0.239 e. The van der Waals surface area contributed by atoms with Crippen LogP contribution in [0, 0.1) is 11.3 Å². The number of anilines is 1. The molecule has 5 heteroatoms. The first-order valence-corrected chi connectivity index (χ1v) is 5.65. The van der Waals surface area contributed by atoms with Crippen molar-refractivity contribution < 1.29 is 4.79 Å². The molecule has 1 aromatic carbocycles. The summed E-state index contributed by atoms with van der Waals surface area (Å²) in [7, 11) is 1.58. The second-order valence-electron chi connectivity index (χ2n) is 3.46. The van der Waals surface area contributed by atoms with Crippen LogP contribution >= 0.6 is 11.6 Å². The average molecular weight is 252 g/mol. The topological polar surface area (TPSA) is 56.1 Å². The van der Waals surface area contributed by atoms with Crippen LogP contribution in [0.5, 0.6) is 0 Å². The number of hydrogen-bond donors (Lipinski definition) is 1. The van der Waals surface area contributed by atoms with E-state index in [1.54, 1.807) is 25.2 Å². The van der Waals surface area contributed by atoms with Gasteiger partial charge in [-0.3, -0.25) is 4.79 Å². The zero-order chi connectivity index (χ0) is 12.8. The normalized spacial score (nSPS) is 9.53. The summed E-state index contributed by atoms with van der Waals surface area (Å²) in [6.07, 6.45) is 0. The third-order valence-electron chi connectivity index (χ3n) is 2.42. The van der Waals surface area contributed by atoms with Gasteiger partial charge in [0.25, 0.3) is 0 Å². The van der Waals surface area contributed by atoms with Crippen molar-refractivity contribution in [2.24, 2.45) is 0 Å². The maximum absolute atomic E-state index is 11.4. The van der Waals surface area contributed by atoms with E-state index in [0.717, 1.165) is 0 Å². The van der Waals surface area contributed by atoms with Gasteiger partial charge in [0, 0.05) is 18.6 Å².